The zero-order chi connectivity index (χ0) is 31.1. The van der Waals surface area contributed by atoms with Crippen LogP contribution >= 0.6 is 0 Å². The van der Waals surface area contributed by atoms with Gasteiger partial charge in [-0.2, -0.15) is 0 Å². The van der Waals surface area contributed by atoms with Gasteiger partial charge in [0.2, 0.25) is 5.91 Å². The van der Waals surface area contributed by atoms with Gasteiger partial charge in [-0.3, -0.25) is 9.59 Å². The van der Waals surface area contributed by atoms with Gasteiger partial charge in [0.05, 0.1) is 19.3 Å². The minimum Gasteiger partial charge on any atom is -0.489 e. The molecule has 0 bridgehead atoms. The number of fused-ring (bicyclic) bond motifs is 1. The molecule has 4 aromatic rings. The number of carbonyl (C=O) groups is 3. The van der Waals surface area contributed by atoms with Crippen LogP contribution in [0.25, 0.3) is 22.1 Å². The van der Waals surface area contributed by atoms with E-state index < -0.39 is 23.5 Å². The van der Waals surface area contributed by atoms with Gasteiger partial charge in [-0.15, -0.1) is 0 Å². The van der Waals surface area contributed by atoms with Gasteiger partial charge in [-0.25, -0.2) is 9.18 Å². The van der Waals surface area contributed by atoms with Crippen molar-refractivity contribution in [2.45, 2.75) is 59.8 Å². The van der Waals surface area contributed by atoms with Gasteiger partial charge < -0.3 is 29.3 Å². The lowest BCUT2D eigenvalue weighted by Crippen LogP contribution is -2.32. The Labute approximate surface area is 249 Å². The van der Waals surface area contributed by atoms with E-state index in [-0.39, 0.29) is 37.6 Å². The quantitative estimate of drug-likeness (QED) is 0.193. The molecule has 0 spiro atoms. The molecule has 9 nitrogen and oxygen atoms in total. The van der Waals surface area contributed by atoms with Crippen molar-refractivity contribution in [1.82, 2.24) is 5.32 Å². The summed E-state index contributed by atoms with van der Waals surface area (Å²) in [6, 6.07) is 15.4. The third-order valence-corrected chi connectivity index (χ3v) is 6.22. The summed E-state index contributed by atoms with van der Waals surface area (Å²) < 4.78 is 38.0. The average Bonchev–Trinajstić information content (AvgIpc) is 3.40. The molecule has 4 rings (SSSR count). The zero-order valence-corrected chi connectivity index (χ0v) is 24.8. The molecule has 0 radical (unpaired) electrons. The van der Waals surface area contributed by atoms with Crippen molar-refractivity contribution in [2.24, 2.45) is 0 Å². The molecule has 43 heavy (non-hydrogen) atoms. The molecule has 226 valence electrons. The summed E-state index contributed by atoms with van der Waals surface area (Å²) in [6.45, 7) is 8.65. The van der Waals surface area contributed by atoms with E-state index in [0.717, 1.165) is 5.39 Å². The summed E-state index contributed by atoms with van der Waals surface area (Å²) in [7, 11) is 0. The number of benzene rings is 3. The van der Waals surface area contributed by atoms with Gasteiger partial charge in [0, 0.05) is 52.9 Å². The van der Waals surface area contributed by atoms with Crippen LogP contribution < -0.4 is 15.4 Å². The second kappa shape index (κ2) is 13.4. The number of alkyl carbamates (subject to hydrolysis) is 1. The largest absolute Gasteiger partial charge is 0.489 e. The Morgan fingerprint density at radius 3 is 2.49 bits per heavy atom. The third kappa shape index (κ3) is 8.34. The fraction of sp³-hybridized carbons (Fsp3) is 0.303. The van der Waals surface area contributed by atoms with Crippen LogP contribution in [0.1, 0.15) is 51.3 Å². The monoisotopic (exact) mass is 590 g/mol. The molecule has 0 saturated carbocycles. The number of ether oxygens (including phenoxy) is 3. The van der Waals surface area contributed by atoms with Gasteiger partial charge in [0.25, 0.3) is 0 Å². The lowest BCUT2D eigenvalue weighted by molar-refractivity contribution is -0.142. The summed E-state index contributed by atoms with van der Waals surface area (Å²) in [5, 5.41) is 6.06. The molecular formula is C33H35FN2O7. The van der Waals surface area contributed by atoms with E-state index >= 15 is 4.39 Å². The first kappa shape index (κ1) is 31.1. The molecule has 2 amide bonds. The summed E-state index contributed by atoms with van der Waals surface area (Å²) in [4.78, 5) is 35.9. The lowest BCUT2D eigenvalue weighted by Gasteiger charge is -2.20. The molecule has 1 heterocycles. The molecule has 0 aliphatic carbocycles. The molecule has 0 atom stereocenters. The van der Waals surface area contributed by atoms with Crippen molar-refractivity contribution >= 4 is 34.6 Å². The van der Waals surface area contributed by atoms with E-state index in [1.54, 1.807) is 76.2 Å². The number of halogens is 1. The summed E-state index contributed by atoms with van der Waals surface area (Å²) in [5.74, 6) is -0.758. The van der Waals surface area contributed by atoms with Crippen molar-refractivity contribution in [3.05, 3.63) is 83.4 Å². The average molecular weight is 591 g/mol. The minimum absolute atomic E-state index is 0.00905. The van der Waals surface area contributed by atoms with Gasteiger partial charge in [0.1, 0.15) is 29.4 Å². The smallest absolute Gasteiger partial charge is 0.407 e. The standard InChI is InChI=1S/C33H35FN2O7/c1-6-40-29(38)16-22-10-11-25(36-20(2)37)17-28(22)42-19-21-14-23-12-13-41-31(23)27(15-21)26-9-7-8-24(30(26)34)18-35-32(39)43-33(3,4)5/h7-15,17H,6,16,18-19H2,1-5H3,(H,35,39)(H,36,37). The maximum absolute atomic E-state index is 15.8. The molecule has 2 N–H and O–H groups in total. The molecule has 0 unspecified atom stereocenters. The number of hydrogen-bond donors (Lipinski definition) is 2. The Hall–Kier alpha value is -4.86. The number of rotatable bonds is 10. The normalized spacial score (nSPS) is 11.2. The molecule has 10 heteroatoms. The Morgan fingerprint density at radius 2 is 1.77 bits per heavy atom. The highest BCUT2D eigenvalue weighted by Crippen LogP contribution is 2.34. The Kier molecular flexibility index (Phi) is 9.70. The molecule has 3 aromatic carbocycles. The summed E-state index contributed by atoms with van der Waals surface area (Å²) in [5.41, 5.74) is 2.72. The SMILES string of the molecule is CCOC(=O)Cc1ccc(NC(C)=O)cc1OCc1cc(-c2cccc(CNC(=O)OC(C)(C)C)c2F)c2occc2c1. The third-order valence-electron chi connectivity index (χ3n) is 6.22. The molecule has 0 fully saturated rings. The van der Waals surface area contributed by atoms with E-state index in [1.165, 1.54) is 13.2 Å². The second-order valence-electron chi connectivity index (χ2n) is 10.9. The maximum atomic E-state index is 15.8. The maximum Gasteiger partial charge on any atom is 0.407 e. The van der Waals surface area contributed by atoms with Crippen molar-refractivity contribution in [1.29, 1.82) is 0 Å². The van der Waals surface area contributed by atoms with E-state index in [0.29, 0.717) is 39.3 Å². The van der Waals surface area contributed by atoms with Gasteiger partial charge >= 0.3 is 12.1 Å². The molecule has 0 aliphatic heterocycles. The summed E-state index contributed by atoms with van der Waals surface area (Å²) >= 11 is 0. The first-order chi connectivity index (χ1) is 20.4. The lowest BCUT2D eigenvalue weighted by atomic mass is 9.98. The van der Waals surface area contributed by atoms with Crippen LogP contribution in [0.5, 0.6) is 5.75 Å². The van der Waals surface area contributed by atoms with Crippen LogP contribution in [-0.2, 0) is 38.6 Å². The van der Waals surface area contributed by atoms with Gasteiger partial charge in [-0.05, 0) is 57.5 Å². The Morgan fingerprint density at radius 1 is 0.977 bits per heavy atom. The molecular weight excluding hydrogens is 555 g/mol. The van der Waals surface area contributed by atoms with Crippen LogP contribution in [0.3, 0.4) is 0 Å². The van der Waals surface area contributed by atoms with Gasteiger partial charge in [0.15, 0.2) is 0 Å². The van der Waals surface area contributed by atoms with Crippen molar-refractivity contribution < 1.29 is 37.4 Å². The Bertz CT molecular complexity index is 1640. The fourth-order valence-electron chi connectivity index (χ4n) is 4.48. The van der Waals surface area contributed by atoms with Crippen LogP contribution in [-0.4, -0.2) is 30.2 Å². The zero-order valence-electron chi connectivity index (χ0n) is 24.8. The van der Waals surface area contributed by atoms with Crippen molar-refractivity contribution in [2.75, 3.05) is 11.9 Å². The van der Waals surface area contributed by atoms with Crippen molar-refractivity contribution in [3.8, 4) is 16.9 Å². The van der Waals surface area contributed by atoms with E-state index in [1.807, 2.05) is 6.07 Å². The van der Waals surface area contributed by atoms with Crippen LogP contribution in [0, 0.1) is 5.82 Å². The van der Waals surface area contributed by atoms with E-state index in [2.05, 4.69) is 10.6 Å². The Balaban J connectivity index is 1.62. The predicted molar refractivity (Wildman–Crippen MR) is 160 cm³/mol. The van der Waals surface area contributed by atoms with Gasteiger partial charge in [-0.1, -0.05) is 24.3 Å². The second-order valence-corrected chi connectivity index (χ2v) is 10.9. The van der Waals surface area contributed by atoms with Crippen molar-refractivity contribution in [3.63, 3.8) is 0 Å². The van der Waals surface area contributed by atoms with E-state index in [4.69, 9.17) is 18.6 Å². The van der Waals surface area contributed by atoms with Crippen LogP contribution in [0.2, 0.25) is 0 Å². The number of furan rings is 1. The highest BCUT2D eigenvalue weighted by atomic mass is 19.1. The fourth-order valence-corrected chi connectivity index (χ4v) is 4.48. The minimum atomic E-state index is -0.678. The number of amides is 2. The molecule has 0 saturated heterocycles. The van der Waals surface area contributed by atoms with Crippen LogP contribution in [0.15, 0.2) is 65.3 Å². The highest BCUT2D eigenvalue weighted by Gasteiger charge is 2.19. The number of hydrogen-bond acceptors (Lipinski definition) is 7. The predicted octanol–water partition coefficient (Wildman–Crippen LogP) is 6.91. The first-order valence-corrected chi connectivity index (χ1v) is 13.9. The van der Waals surface area contributed by atoms with E-state index in [9.17, 15) is 14.4 Å². The summed E-state index contributed by atoms with van der Waals surface area (Å²) in [6.07, 6.45) is 0.874. The number of esters is 1. The number of carbonyl (C=O) groups excluding carboxylic acids is 3. The number of nitrogens with one attached hydrogen (secondary N) is 2. The number of anilines is 1. The highest BCUT2D eigenvalue weighted by molar-refractivity contribution is 5.93. The molecule has 1 aromatic heterocycles. The van der Waals surface area contributed by atoms with Crippen LogP contribution in [0.4, 0.5) is 14.9 Å². The topological polar surface area (TPSA) is 116 Å². The molecule has 0 aliphatic rings. The first-order valence-electron chi connectivity index (χ1n) is 13.9.